The summed E-state index contributed by atoms with van der Waals surface area (Å²) in [5.41, 5.74) is 19.4. The van der Waals surface area contributed by atoms with Gasteiger partial charge in [-0.2, -0.15) is 9.97 Å². The Kier molecular flexibility index (Phi) is 7.64. The standard InChI is InChI=1S/C17H17N7O.2ClH/c18-11-3-7-13(8-4-11)22-16(25)10-1-5-12(6-2-10)21-15-9-14(19)23-17(20)24-15;;/h1-9H,18H2,(H,22,25)(H5,19,20,21,23,24);2*1H. The lowest BCUT2D eigenvalue weighted by atomic mass is 10.2. The summed E-state index contributed by atoms with van der Waals surface area (Å²) < 4.78 is 0. The Morgan fingerprint density at radius 1 is 0.815 bits per heavy atom. The van der Waals surface area contributed by atoms with Crippen molar-refractivity contribution in [1.29, 1.82) is 0 Å². The van der Waals surface area contributed by atoms with Crippen LogP contribution in [0.2, 0.25) is 0 Å². The summed E-state index contributed by atoms with van der Waals surface area (Å²) in [5.74, 6) is 0.618. The van der Waals surface area contributed by atoms with E-state index in [0.29, 0.717) is 22.8 Å². The summed E-state index contributed by atoms with van der Waals surface area (Å²) in [6.07, 6.45) is 0. The zero-order valence-electron chi connectivity index (χ0n) is 14.0. The van der Waals surface area contributed by atoms with Crippen LogP contribution in [0.3, 0.4) is 0 Å². The van der Waals surface area contributed by atoms with Crippen LogP contribution >= 0.6 is 24.8 Å². The first-order chi connectivity index (χ1) is 12.0. The molecule has 10 heteroatoms. The van der Waals surface area contributed by atoms with E-state index in [1.54, 1.807) is 54.6 Å². The van der Waals surface area contributed by atoms with Crippen LogP contribution in [-0.2, 0) is 0 Å². The number of hydrogen-bond acceptors (Lipinski definition) is 7. The van der Waals surface area contributed by atoms with E-state index in [2.05, 4.69) is 20.6 Å². The summed E-state index contributed by atoms with van der Waals surface area (Å²) in [6, 6.07) is 15.4. The molecule has 3 aromatic rings. The second-order valence-corrected chi connectivity index (χ2v) is 5.31. The van der Waals surface area contributed by atoms with Crippen molar-refractivity contribution in [2.24, 2.45) is 0 Å². The molecule has 0 atom stereocenters. The molecule has 1 heterocycles. The lowest BCUT2D eigenvalue weighted by Crippen LogP contribution is -2.11. The topological polar surface area (TPSA) is 145 Å². The first-order valence-corrected chi connectivity index (χ1v) is 7.43. The van der Waals surface area contributed by atoms with E-state index in [4.69, 9.17) is 17.2 Å². The Bertz CT molecular complexity index is 882. The van der Waals surface area contributed by atoms with E-state index in [0.717, 1.165) is 5.69 Å². The number of amides is 1. The number of nitrogens with zero attached hydrogens (tertiary/aromatic N) is 2. The number of nitrogens with one attached hydrogen (secondary N) is 2. The van der Waals surface area contributed by atoms with Gasteiger partial charge in [0.2, 0.25) is 5.95 Å². The van der Waals surface area contributed by atoms with Crippen LogP contribution in [0, 0.1) is 0 Å². The second-order valence-electron chi connectivity index (χ2n) is 5.31. The molecule has 0 bridgehead atoms. The minimum absolute atomic E-state index is 0. The predicted molar refractivity (Wildman–Crippen MR) is 114 cm³/mol. The molecule has 1 aromatic heterocycles. The number of rotatable bonds is 4. The molecule has 0 aliphatic heterocycles. The SMILES string of the molecule is Cl.Cl.Nc1ccc(NC(=O)c2ccc(Nc3cc(N)nc(N)n3)cc2)cc1. The lowest BCUT2D eigenvalue weighted by molar-refractivity contribution is 0.102. The molecular formula is C17H19Cl2N7O. The third-order valence-corrected chi connectivity index (χ3v) is 3.35. The average Bonchev–Trinajstić information content (AvgIpc) is 2.56. The number of hydrogen-bond donors (Lipinski definition) is 5. The Morgan fingerprint density at radius 3 is 2.00 bits per heavy atom. The van der Waals surface area contributed by atoms with Gasteiger partial charge in [0.05, 0.1) is 0 Å². The molecule has 0 aliphatic rings. The highest BCUT2D eigenvalue weighted by atomic mass is 35.5. The minimum atomic E-state index is -0.216. The number of aromatic nitrogens is 2. The predicted octanol–water partition coefficient (Wildman–Crippen LogP) is 3.06. The second kappa shape index (κ2) is 9.46. The van der Waals surface area contributed by atoms with Crippen molar-refractivity contribution in [3.05, 3.63) is 60.2 Å². The van der Waals surface area contributed by atoms with Crippen LogP contribution in [0.15, 0.2) is 54.6 Å². The zero-order valence-corrected chi connectivity index (χ0v) is 15.7. The first-order valence-electron chi connectivity index (χ1n) is 7.43. The van der Waals surface area contributed by atoms with Crippen LogP contribution in [0.25, 0.3) is 0 Å². The van der Waals surface area contributed by atoms with Gasteiger partial charge in [-0.25, -0.2) is 0 Å². The van der Waals surface area contributed by atoms with Crippen molar-refractivity contribution >= 4 is 65.4 Å². The van der Waals surface area contributed by atoms with Crippen LogP contribution < -0.4 is 27.8 Å². The molecule has 0 saturated carbocycles. The van der Waals surface area contributed by atoms with Crippen LogP contribution in [0.5, 0.6) is 0 Å². The van der Waals surface area contributed by atoms with Crippen LogP contribution in [-0.4, -0.2) is 15.9 Å². The van der Waals surface area contributed by atoms with Crippen molar-refractivity contribution in [2.45, 2.75) is 0 Å². The zero-order chi connectivity index (χ0) is 17.8. The van der Waals surface area contributed by atoms with E-state index in [1.807, 2.05) is 0 Å². The van der Waals surface area contributed by atoms with Gasteiger partial charge in [-0.15, -0.1) is 24.8 Å². The van der Waals surface area contributed by atoms with Gasteiger partial charge in [0.15, 0.2) is 0 Å². The molecule has 2 aromatic carbocycles. The maximum Gasteiger partial charge on any atom is 0.255 e. The van der Waals surface area contributed by atoms with Crippen molar-refractivity contribution < 1.29 is 4.79 Å². The Balaban J connectivity index is 0.00000182. The molecular weight excluding hydrogens is 389 g/mol. The molecule has 0 fully saturated rings. The number of carbonyl (C=O) groups excluding carboxylic acids is 1. The van der Waals surface area contributed by atoms with Crippen molar-refractivity contribution in [3.63, 3.8) is 0 Å². The van der Waals surface area contributed by atoms with Crippen LogP contribution in [0.1, 0.15) is 10.4 Å². The minimum Gasteiger partial charge on any atom is -0.399 e. The first kappa shape index (κ1) is 21.8. The molecule has 3 rings (SSSR count). The maximum atomic E-state index is 12.2. The summed E-state index contributed by atoms with van der Waals surface area (Å²) in [4.78, 5) is 20.1. The Hall–Kier alpha value is -3.23. The molecule has 0 saturated heterocycles. The van der Waals surface area contributed by atoms with E-state index in [-0.39, 0.29) is 42.5 Å². The van der Waals surface area contributed by atoms with Crippen molar-refractivity contribution in [3.8, 4) is 0 Å². The summed E-state index contributed by atoms with van der Waals surface area (Å²) in [7, 11) is 0. The Labute approximate surface area is 168 Å². The van der Waals surface area contributed by atoms with Gasteiger partial charge in [0.25, 0.3) is 5.91 Å². The normalized spacial score (nSPS) is 9.48. The molecule has 8 nitrogen and oxygen atoms in total. The van der Waals surface area contributed by atoms with E-state index in [1.165, 1.54) is 0 Å². The van der Waals surface area contributed by atoms with E-state index >= 15 is 0 Å². The highest BCUT2D eigenvalue weighted by Crippen LogP contribution is 2.18. The largest absolute Gasteiger partial charge is 0.399 e. The quantitative estimate of drug-likeness (QED) is 0.417. The van der Waals surface area contributed by atoms with Gasteiger partial charge in [0.1, 0.15) is 11.6 Å². The summed E-state index contributed by atoms with van der Waals surface area (Å²) >= 11 is 0. The smallest absolute Gasteiger partial charge is 0.255 e. The van der Waals surface area contributed by atoms with Gasteiger partial charge in [0, 0.05) is 28.7 Å². The average molecular weight is 408 g/mol. The highest BCUT2D eigenvalue weighted by Gasteiger charge is 2.07. The van der Waals surface area contributed by atoms with Gasteiger partial charge in [-0.1, -0.05) is 0 Å². The highest BCUT2D eigenvalue weighted by molar-refractivity contribution is 6.04. The van der Waals surface area contributed by atoms with Gasteiger partial charge in [-0.3, -0.25) is 4.79 Å². The van der Waals surface area contributed by atoms with E-state index < -0.39 is 0 Å². The number of carbonyl (C=O) groups is 1. The molecule has 0 aliphatic carbocycles. The van der Waals surface area contributed by atoms with Gasteiger partial charge in [-0.05, 0) is 48.5 Å². The fourth-order valence-corrected chi connectivity index (χ4v) is 2.17. The third-order valence-electron chi connectivity index (χ3n) is 3.35. The maximum absolute atomic E-state index is 12.2. The number of nitrogens with two attached hydrogens (primary N) is 3. The fraction of sp³-hybridized carbons (Fsp3) is 0. The summed E-state index contributed by atoms with van der Waals surface area (Å²) in [6.45, 7) is 0. The Morgan fingerprint density at radius 2 is 1.41 bits per heavy atom. The van der Waals surface area contributed by atoms with Crippen molar-refractivity contribution in [2.75, 3.05) is 27.8 Å². The summed E-state index contributed by atoms with van der Waals surface area (Å²) in [5, 5.41) is 5.85. The lowest BCUT2D eigenvalue weighted by Gasteiger charge is -2.09. The number of anilines is 6. The molecule has 1 amide bonds. The van der Waals surface area contributed by atoms with E-state index in [9.17, 15) is 4.79 Å². The number of benzene rings is 2. The number of nitrogen functional groups attached to an aromatic ring is 3. The third kappa shape index (κ3) is 5.91. The van der Waals surface area contributed by atoms with Crippen LogP contribution in [0.4, 0.5) is 34.6 Å². The number of halogens is 2. The molecule has 27 heavy (non-hydrogen) atoms. The van der Waals surface area contributed by atoms with Crippen molar-refractivity contribution in [1.82, 2.24) is 9.97 Å². The van der Waals surface area contributed by atoms with Gasteiger partial charge < -0.3 is 27.8 Å². The molecule has 8 N–H and O–H groups in total. The monoisotopic (exact) mass is 407 g/mol. The van der Waals surface area contributed by atoms with Gasteiger partial charge >= 0.3 is 0 Å². The fourth-order valence-electron chi connectivity index (χ4n) is 2.17. The molecule has 0 unspecified atom stereocenters. The molecule has 0 radical (unpaired) electrons. The molecule has 142 valence electrons. The molecule has 0 spiro atoms.